The van der Waals surface area contributed by atoms with Gasteiger partial charge in [-0.15, -0.1) is 0 Å². The first kappa shape index (κ1) is 14.8. The summed E-state index contributed by atoms with van der Waals surface area (Å²) in [5, 5.41) is 12.0. The Morgan fingerprint density at radius 1 is 1.40 bits per heavy atom. The van der Waals surface area contributed by atoms with Crippen molar-refractivity contribution in [3.63, 3.8) is 0 Å². The standard InChI is InChI=1S/C15H23N3O2/c1-20-11-12-6-8-18(9-7-12)10-13-4-2-3-5-14(13)15(16)17-19/h2-5,12,19H,6-11H2,1H3,(H2,16,17). The van der Waals surface area contributed by atoms with E-state index >= 15 is 0 Å². The molecule has 0 amide bonds. The smallest absolute Gasteiger partial charge is 0.170 e. The highest BCUT2D eigenvalue weighted by molar-refractivity contribution is 5.98. The van der Waals surface area contributed by atoms with Crippen LogP contribution in [0.4, 0.5) is 0 Å². The van der Waals surface area contributed by atoms with Crippen molar-refractivity contribution in [3.05, 3.63) is 35.4 Å². The van der Waals surface area contributed by atoms with Gasteiger partial charge in [-0.3, -0.25) is 4.90 Å². The van der Waals surface area contributed by atoms with Crippen LogP contribution in [0.2, 0.25) is 0 Å². The molecule has 0 bridgehead atoms. The van der Waals surface area contributed by atoms with Gasteiger partial charge < -0.3 is 15.7 Å². The summed E-state index contributed by atoms with van der Waals surface area (Å²) >= 11 is 0. The number of amidine groups is 1. The molecule has 110 valence electrons. The van der Waals surface area contributed by atoms with Crippen LogP contribution in [0.3, 0.4) is 0 Å². The number of ether oxygens (including phenoxy) is 1. The number of likely N-dealkylation sites (tertiary alicyclic amines) is 1. The summed E-state index contributed by atoms with van der Waals surface area (Å²) < 4.78 is 5.22. The molecule has 0 aromatic heterocycles. The summed E-state index contributed by atoms with van der Waals surface area (Å²) in [4.78, 5) is 2.41. The molecule has 1 saturated heterocycles. The number of nitrogens with two attached hydrogens (primary N) is 1. The van der Waals surface area contributed by atoms with Gasteiger partial charge in [0.2, 0.25) is 0 Å². The molecular weight excluding hydrogens is 254 g/mol. The van der Waals surface area contributed by atoms with E-state index in [1.165, 1.54) is 12.8 Å². The minimum absolute atomic E-state index is 0.176. The second kappa shape index (κ2) is 7.26. The Hall–Kier alpha value is -1.59. The van der Waals surface area contributed by atoms with Crippen molar-refractivity contribution in [1.29, 1.82) is 0 Å². The highest BCUT2D eigenvalue weighted by atomic mass is 16.5. The lowest BCUT2D eigenvalue weighted by molar-refractivity contribution is 0.0968. The van der Waals surface area contributed by atoms with Crippen LogP contribution in [0.15, 0.2) is 29.4 Å². The van der Waals surface area contributed by atoms with Gasteiger partial charge >= 0.3 is 0 Å². The summed E-state index contributed by atoms with van der Waals surface area (Å²) in [6, 6.07) is 7.82. The zero-order chi connectivity index (χ0) is 14.4. The van der Waals surface area contributed by atoms with Crippen molar-refractivity contribution in [2.75, 3.05) is 26.8 Å². The molecule has 20 heavy (non-hydrogen) atoms. The monoisotopic (exact) mass is 277 g/mol. The summed E-state index contributed by atoms with van der Waals surface area (Å²) in [5.41, 5.74) is 7.65. The molecule has 0 radical (unpaired) electrons. The molecule has 1 aromatic carbocycles. The predicted molar refractivity (Wildman–Crippen MR) is 78.8 cm³/mol. The Kier molecular flexibility index (Phi) is 5.38. The Morgan fingerprint density at radius 3 is 2.75 bits per heavy atom. The normalized spacial score (nSPS) is 18.4. The number of methoxy groups -OCH3 is 1. The minimum Gasteiger partial charge on any atom is -0.409 e. The first-order valence-electron chi connectivity index (χ1n) is 7.01. The molecule has 0 saturated carbocycles. The quantitative estimate of drug-likeness (QED) is 0.371. The van der Waals surface area contributed by atoms with E-state index in [1.54, 1.807) is 7.11 Å². The molecule has 1 aliphatic rings. The van der Waals surface area contributed by atoms with Crippen LogP contribution in [-0.2, 0) is 11.3 Å². The lowest BCUT2D eigenvalue weighted by Gasteiger charge is -2.32. The van der Waals surface area contributed by atoms with Gasteiger partial charge in [0.1, 0.15) is 0 Å². The molecule has 1 fully saturated rings. The molecule has 2 rings (SSSR count). The van der Waals surface area contributed by atoms with Gasteiger partial charge in [0, 0.05) is 25.8 Å². The van der Waals surface area contributed by atoms with E-state index in [1.807, 2.05) is 24.3 Å². The maximum Gasteiger partial charge on any atom is 0.170 e. The van der Waals surface area contributed by atoms with Crippen molar-refractivity contribution in [2.45, 2.75) is 19.4 Å². The minimum atomic E-state index is 0.176. The lowest BCUT2D eigenvalue weighted by Crippen LogP contribution is -2.35. The first-order valence-corrected chi connectivity index (χ1v) is 7.01. The van der Waals surface area contributed by atoms with Crippen LogP contribution in [0.5, 0.6) is 0 Å². The maximum atomic E-state index is 8.85. The zero-order valence-corrected chi connectivity index (χ0v) is 12.0. The number of nitrogens with zero attached hydrogens (tertiary/aromatic N) is 2. The summed E-state index contributed by atoms with van der Waals surface area (Å²) in [7, 11) is 1.76. The van der Waals surface area contributed by atoms with Gasteiger partial charge in [-0.25, -0.2) is 0 Å². The average molecular weight is 277 g/mol. The Labute approximate surface area is 120 Å². The fraction of sp³-hybridized carbons (Fsp3) is 0.533. The number of oxime groups is 1. The van der Waals surface area contributed by atoms with Gasteiger partial charge in [0.05, 0.1) is 0 Å². The molecule has 1 aromatic rings. The number of hydrogen-bond donors (Lipinski definition) is 2. The van der Waals surface area contributed by atoms with Crippen LogP contribution in [-0.4, -0.2) is 42.7 Å². The summed E-state index contributed by atoms with van der Waals surface area (Å²) in [6.07, 6.45) is 2.33. The SMILES string of the molecule is COCC1CCN(Cc2ccccc2C(N)=NO)CC1. The third kappa shape index (κ3) is 3.71. The molecule has 0 aliphatic carbocycles. The summed E-state index contributed by atoms with van der Waals surface area (Å²) in [6.45, 7) is 3.83. The van der Waals surface area contributed by atoms with Crippen LogP contribution in [0, 0.1) is 5.92 Å². The van der Waals surface area contributed by atoms with Crippen molar-refractivity contribution in [1.82, 2.24) is 4.90 Å². The molecule has 5 nitrogen and oxygen atoms in total. The van der Waals surface area contributed by atoms with Gasteiger partial charge in [-0.2, -0.15) is 0 Å². The third-order valence-electron chi connectivity index (χ3n) is 3.90. The van der Waals surface area contributed by atoms with Gasteiger partial charge in [-0.05, 0) is 37.4 Å². The van der Waals surface area contributed by atoms with E-state index in [0.29, 0.717) is 5.92 Å². The number of benzene rings is 1. The van der Waals surface area contributed by atoms with Crippen LogP contribution >= 0.6 is 0 Å². The van der Waals surface area contributed by atoms with Crippen molar-refractivity contribution in [2.24, 2.45) is 16.8 Å². The Bertz CT molecular complexity index is 454. The van der Waals surface area contributed by atoms with Gasteiger partial charge in [0.15, 0.2) is 5.84 Å². The molecular formula is C15H23N3O2. The van der Waals surface area contributed by atoms with Crippen molar-refractivity contribution >= 4 is 5.84 Å². The largest absolute Gasteiger partial charge is 0.409 e. The van der Waals surface area contributed by atoms with E-state index in [0.717, 1.165) is 37.4 Å². The fourth-order valence-corrected chi connectivity index (χ4v) is 2.75. The molecule has 0 atom stereocenters. The number of hydrogen-bond acceptors (Lipinski definition) is 4. The topological polar surface area (TPSA) is 71.1 Å². The predicted octanol–water partition coefficient (Wildman–Crippen LogP) is 1.64. The zero-order valence-electron chi connectivity index (χ0n) is 12.0. The second-order valence-electron chi connectivity index (χ2n) is 5.32. The van der Waals surface area contributed by atoms with Gasteiger partial charge in [0.25, 0.3) is 0 Å². The first-order chi connectivity index (χ1) is 9.74. The van der Waals surface area contributed by atoms with E-state index in [9.17, 15) is 0 Å². The highest BCUT2D eigenvalue weighted by Gasteiger charge is 2.20. The lowest BCUT2D eigenvalue weighted by atomic mass is 9.97. The second-order valence-corrected chi connectivity index (χ2v) is 5.32. The van der Waals surface area contributed by atoms with Crippen LogP contribution in [0.1, 0.15) is 24.0 Å². The molecule has 0 unspecified atom stereocenters. The fourth-order valence-electron chi connectivity index (χ4n) is 2.75. The van der Waals surface area contributed by atoms with Gasteiger partial charge in [-0.1, -0.05) is 29.4 Å². The molecule has 3 N–H and O–H groups in total. The average Bonchev–Trinajstić information content (AvgIpc) is 2.49. The molecule has 1 aliphatic heterocycles. The van der Waals surface area contributed by atoms with Crippen molar-refractivity contribution < 1.29 is 9.94 Å². The summed E-state index contributed by atoms with van der Waals surface area (Å²) in [5.74, 6) is 0.852. The Balaban J connectivity index is 1.98. The van der Waals surface area contributed by atoms with E-state index < -0.39 is 0 Å². The van der Waals surface area contributed by atoms with E-state index in [4.69, 9.17) is 15.7 Å². The highest BCUT2D eigenvalue weighted by Crippen LogP contribution is 2.20. The molecule has 1 heterocycles. The van der Waals surface area contributed by atoms with Crippen molar-refractivity contribution in [3.8, 4) is 0 Å². The Morgan fingerprint density at radius 2 is 2.10 bits per heavy atom. The number of rotatable bonds is 5. The third-order valence-corrected chi connectivity index (χ3v) is 3.90. The van der Waals surface area contributed by atoms with Crippen LogP contribution < -0.4 is 5.73 Å². The molecule has 5 heteroatoms. The number of piperidine rings is 1. The van der Waals surface area contributed by atoms with E-state index in [-0.39, 0.29) is 5.84 Å². The molecule has 0 spiro atoms. The maximum absolute atomic E-state index is 8.85. The van der Waals surface area contributed by atoms with E-state index in [2.05, 4.69) is 10.1 Å². The van der Waals surface area contributed by atoms with Crippen LogP contribution in [0.25, 0.3) is 0 Å².